The molecule has 0 fully saturated rings. The van der Waals surface area contributed by atoms with Gasteiger partial charge in [-0.1, -0.05) is 139 Å². The predicted molar refractivity (Wildman–Crippen MR) is 183 cm³/mol. The minimum Gasteiger partial charge on any atom is -0.455 e. The molecule has 0 bridgehead atoms. The van der Waals surface area contributed by atoms with E-state index in [1.165, 1.54) is 0 Å². The van der Waals surface area contributed by atoms with Crippen LogP contribution in [0.1, 0.15) is 11.0 Å². The van der Waals surface area contributed by atoms with Gasteiger partial charge in [-0.2, -0.15) is 0 Å². The Bertz CT molecular complexity index is 2850. The minimum absolute atomic E-state index is 0.181. The molecule has 1 aromatic heterocycles. The lowest BCUT2D eigenvalue weighted by molar-refractivity contribution is 0.673. The first kappa shape index (κ1) is 17.3. The molecule has 0 atom stereocenters. The van der Waals surface area contributed by atoms with Crippen LogP contribution >= 0.6 is 0 Å². The Morgan fingerprint density at radius 2 is 0.930 bits per heavy atom. The van der Waals surface area contributed by atoms with E-state index in [-0.39, 0.29) is 45.7 Å². The third kappa shape index (κ3) is 3.65. The molecule has 0 amide bonds. The molecule has 0 aliphatic carbocycles. The third-order valence-electron chi connectivity index (χ3n) is 8.29. The first-order chi connectivity index (χ1) is 24.7. The predicted octanol–water partition coefficient (Wildman–Crippen LogP) is 12.0. The van der Waals surface area contributed by atoms with Crippen LogP contribution in [0.25, 0.3) is 87.6 Å². The summed E-state index contributed by atoms with van der Waals surface area (Å²) < 4.78 is 78.1. The summed E-state index contributed by atoms with van der Waals surface area (Å²) in [5.41, 5.74) is 5.13. The maximum atomic E-state index is 9.25. The van der Waals surface area contributed by atoms with Gasteiger partial charge in [0, 0.05) is 16.2 Å². The second-order valence-electron chi connectivity index (χ2n) is 10.6. The highest BCUT2D eigenvalue weighted by Crippen LogP contribution is 2.45. The highest BCUT2D eigenvalue weighted by Gasteiger charge is 2.19. The van der Waals surface area contributed by atoms with Crippen LogP contribution in [0.2, 0.25) is 0 Å². The van der Waals surface area contributed by atoms with Gasteiger partial charge in [0.1, 0.15) is 11.2 Å². The van der Waals surface area contributed by atoms with Gasteiger partial charge in [0.15, 0.2) is 0 Å². The van der Waals surface area contributed by atoms with E-state index in [9.17, 15) is 2.74 Å². The molecule has 1 nitrogen and oxygen atoms in total. The molecule has 200 valence electrons. The highest BCUT2D eigenvalue weighted by molar-refractivity contribution is 6.23. The first-order valence-electron chi connectivity index (χ1n) is 18.1. The lowest BCUT2D eigenvalue weighted by Gasteiger charge is -2.17. The molecule has 8 aromatic carbocycles. The van der Waals surface area contributed by atoms with Gasteiger partial charge in [0.25, 0.3) is 0 Å². The zero-order chi connectivity index (χ0) is 35.3. The molecule has 0 unspecified atom stereocenters. The van der Waals surface area contributed by atoms with Crippen LogP contribution in [0.3, 0.4) is 0 Å². The normalized spacial score (nSPS) is 14.3. The molecule has 0 aliphatic heterocycles. The quantitative estimate of drug-likeness (QED) is 0.198. The van der Waals surface area contributed by atoms with Gasteiger partial charge >= 0.3 is 0 Å². The second-order valence-corrected chi connectivity index (χ2v) is 10.6. The van der Waals surface area contributed by atoms with Gasteiger partial charge in [-0.3, -0.25) is 0 Å². The molecular formula is C42H26O. The molecule has 0 N–H and O–H groups in total. The summed E-state index contributed by atoms with van der Waals surface area (Å²) in [6.45, 7) is 0. The van der Waals surface area contributed by atoms with Crippen LogP contribution in [0.15, 0.2) is 162 Å². The standard InChI is InChI=1S/C42H26O/c1-3-13-27(14-4-1)36-26-38-37-25-29(23-24-39(37)43-42(38)35-22-12-7-17-30(35)36)41-33-20-10-8-18-31(33)40(28-15-5-2-6-16-28)32-19-9-11-21-34(32)41/h1-26H/i8D,9D,10D,11D,18D,19D,20D,21D. The summed E-state index contributed by atoms with van der Waals surface area (Å²) in [4.78, 5) is 0. The van der Waals surface area contributed by atoms with Crippen LogP contribution in [0.5, 0.6) is 0 Å². The van der Waals surface area contributed by atoms with Crippen LogP contribution in [-0.4, -0.2) is 0 Å². The number of hydrogen-bond acceptors (Lipinski definition) is 1. The van der Waals surface area contributed by atoms with E-state index in [0.29, 0.717) is 33.4 Å². The summed E-state index contributed by atoms with van der Waals surface area (Å²) >= 11 is 0. The monoisotopic (exact) mass is 554 g/mol. The topological polar surface area (TPSA) is 13.1 Å². The number of fused-ring (bicyclic) bond motifs is 7. The van der Waals surface area contributed by atoms with Crippen LogP contribution in [0, 0.1) is 0 Å². The molecular weight excluding hydrogens is 520 g/mol. The molecule has 0 saturated carbocycles. The highest BCUT2D eigenvalue weighted by atomic mass is 16.3. The summed E-state index contributed by atoms with van der Waals surface area (Å²) in [5.74, 6) is 0. The zero-order valence-electron chi connectivity index (χ0n) is 30.8. The maximum absolute atomic E-state index is 9.25. The largest absolute Gasteiger partial charge is 0.455 e. The maximum Gasteiger partial charge on any atom is 0.143 e. The summed E-state index contributed by atoms with van der Waals surface area (Å²) in [6.07, 6.45) is 0. The molecule has 1 heterocycles. The Morgan fingerprint density at radius 3 is 1.56 bits per heavy atom. The number of furan rings is 1. The number of benzene rings is 8. The minimum atomic E-state index is -0.429. The molecule has 9 aromatic rings. The van der Waals surface area contributed by atoms with Crippen molar-refractivity contribution in [1.82, 2.24) is 0 Å². The summed E-state index contributed by atoms with van der Waals surface area (Å²) in [5, 5.41) is 4.33. The first-order valence-corrected chi connectivity index (χ1v) is 14.1. The molecule has 43 heavy (non-hydrogen) atoms. The molecule has 0 aliphatic rings. The SMILES string of the molecule is [2H]c1c([2H])c([2H])c2c(-c3ccc4oc5c6ccccc6c(-c6ccccc6)cc5c4c3)c3c([2H])c([2H])c([2H])c([2H])c3c(-c3ccccc3)c2c1[2H]. The Labute approximate surface area is 260 Å². The van der Waals surface area contributed by atoms with Gasteiger partial charge in [-0.05, 0) is 78.5 Å². The van der Waals surface area contributed by atoms with Crippen molar-refractivity contribution in [2.45, 2.75) is 0 Å². The van der Waals surface area contributed by atoms with Crippen molar-refractivity contribution < 1.29 is 15.4 Å². The van der Waals surface area contributed by atoms with Crippen molar-refractivity contribution >= 4 is 54.3 Å². The van der Waals surface area contributed by atoms with E-state index in [1.54, 1.807) is 30.3 Å². The van der Waals surface area contributed by atoms with Crippen molar-refractivity contribution in [2.24, 2.45) is 0 Å². The summed E-state index contributed by atoms with van der Waals surface area (Å²) in [7, 11) is 0. The van der Waals surface area contributed by atoms with E-state index in [4.69, 9.17) is 12.6 Å². The van der Waals surface area contributed by atoms with E-state index in [2.05, 4.69) is 24.3 Å². The van der Waals surface area contributed by atoms with Crippen LogP contribution in [0.4, 0.5) is 0 Å². The Hall–Kier alpha value is -5.66. The lowest BCUT2D eigenvalue weighted by atomic mass is 9.85. The lowest BCUT2D eigenvalue weighted by Crippen LogP contribution is -1.90. The fourth-order valence-corrected chi connectivity index (χ4v) is 6.42. The van der Waals surface area contributed by atoms with E-state index >= 15 is 0 Å². The molecule has 0 spiro atoms. The van der Waals surface area contributed by atoms with Gasteiger partial charge in [-0.15, -0.1) is 0 Å². The van der Waals surface area contributed by atoms with Gasteiger partial charge < -0.3 is 4.42 Å². The third-order valence-corrected chi connectivity index (χ3v) is 8.29. The van der Waals surface area contributed by atoms with Crippen molar-refractivity contribution in [1.29, 1.82) is 0 Å². The fraction of sp³-hybridized carbons (Fsp3) is 0. The average Bonchev–Trinajstić information content (AvgIpc) is 3.55. The second kappa shape index (κ2) is 9.44. The van der Waals surface area contributed by atoms with Crippen LogP contribution in [-0.2, 0) is 0 Å². The smallest absolute Gasteiger partial charge is 0.143 e. The molecule has 0 saturated heterocycles. The van der Waals surface area contributed by atoms with Gasteiger partial charge in [0.05, 0.1) is 11.0 Å². The van der Waals surface area contributed by atoms with Gasteiger partial charge in [0.2, 0.25) is 0 Å². The van der Waals surface area contributed by atoms with Gasteiger partial charge in [-0.25, -0.2) is 0 Å². The van der Waals surface area contributed by atoms with E-state index in [1.807, 2.05) is 54.6 Å². The van der Waals surface area contributed by atoms with Crippen molar-refractivity contribution in [3.63, 3.8) is 0 Å². The van der Waals surface area contributed by atoms with E-state index < -0.39 is 24.2 Å². The van der Waals surface area contributed by atoms with Crippen molar-refractivity contribution in [3.8, 4) is 33.4 Å². The Kier molecular flexibility index (Phi) is 3.80. The zero-order valence-corrected chi connectivity index (χ0v) is 22.8. The Morgan fingerprint density at radius 1 is 0.395 bits per heavy atom. The molecule has 9 rings (SSSR count). The molecule has 0 radical (unpaired) electrons. The number of hydrogen-bond donors (Lipinski definition) is 0. The van der Waals surface area contributed by atoms with E-state index in [0.717, 1.165) is 32.7 Å². The van der Waals surface area contributed by atoms with Crippen molar-refractivity contribution in [2.75, 3.05) is 0 Å². The summed E-state index contributed by atoms with van der Waals surface area (Å²) in [6, 6.07) is 31.9. The average molecular weight is 555 g/mol. The fourth-order valence-electron chi connectivity index (χ4n) is 6.42. The molecule has 1 heteroatoms. The van der Waals surface area contributed by atoms with Crippen LogP contribution < -0.4 is 0 Å². The van der Waals surface area contributed by atoms with Crippen molar-refractivity contribution in [3.05, 3.63) is 158 Å². The number of rotatable bonds is 3. The Balaban J connectivity index is 1.49.